The van der Waals surface area contributed by atoms with Crippen molar-refractivity contribution in [2.24, 2.45) is 5.92 Å². The zero-order valence-corrected chi connectivity index (χ0v) is 10.5. The van der Waals surface area contributed by atoms with E-state index in [2.05, 4.69) is 55.4 Å². The molecular formula is C14H22N2. The van der Waals surface area contributed by atoms with Crippen molar-refractivity contribution in [3.63, 3.8) is 0 Å². The van der Waals surface area contributed by atoms with Gasteiger partial charge in [0.25, 0.3) is 0 Å². The summed E-state index contributed by atoms with van der Waals surface area (Å²) in [6, 6.07) is 9.40. The molecule has 0 saturated carbocycles. The van der Waals surface area contributed by atoms with Crippen LogP contribution in [-0.4, -0.2) is 26.2 Å². The van der Waals surface area contributed by atoms with Crippen molar-refractivity contribution in [2.75, 3.05) is 25.0 Å². The van der Waals surface area contributed by atoms with Crippen LogP contribution >= 0.6 is 0 Å². The first-order chi connectivity index (χ1) is 7.66. The van der Waals surface area contributed by atoms with Crippen molar-refractivity contribution in [3.8, 4) is 0 Å². The van der Waals surface area contributed by atoms with E-state index in [0.717, 1.165) is 12.5 Å². The van der Waals surface area contributed by atoms with Gasteiger partial charge in [0.15, 0.2) is 0 Å². The van der Waals surface area contributed by atoms with Crippen molar-refractivity contribution < 1.29 is 0 Å². The Morgan fingerprint density at radius 1 is 1.44 bits per heavy atom. The summed E-state index contributed by atoms with van der Waals surface area (Å²) in [6.07, 6.45) is 1.30. The van der Waals surface area contributed by atoms with Crippen LogP contribution in [0.5, 0.6) is 0 Å². The van der Waals surface area contributed by atoms with E-state index in [1.807, 2.05) is 0 Å². The summed E-state index contributed by atoms with van der Waals surface area (Å²) in [6.45, 7) is 6.77. The quantitative estimate of drug-likeness (QED) is 0.838. The topological polar surface area (TPSA) is 15.3 Å². The molecule has 1 aliphatic rings. The fourth-order valence-electron chi connectivity index (χ4n) is 2.49. The molecular weight excluding hydrogens is 196 g/mol. The van der Waals surface area contributed by atoms with E-state index in [1.165, 1.54) is 24.2 Å². The number of anilines is 1. The monoisotopic (exact) mass is 218 g/mol. The summed E-state index contributed by atoms with van der Waals surface area (Å²) in [5.41, 5.74) is 2.67. The molecule has 16 heavy (non-hydrogen) atoms. The molecule has 1 fully saturated rings. The van der Waals surface area contributed by atoms with Gasteiger partial charge in [0, 0.05) is 25.3 Å². The number of nitrogens with one attached hydrogen (secondary N) is 1. The second kappa shape index (κ2) is 4.88. The van der Waals surface area contributed by atoms with Crippen molar-refractivity contribution in [2.45, 2.75) is 26.3 Å². The fraction of sp³-hybridized carbons (Fsp3) is 0.571. The lowest BCUT2D eigenvalue weighted by atomic mass is 10.0. The maximum Gasteiger partial charge on any atom is 0.0366 e. The molecule has 1 N–H and O–H groups in total. The predicted octanol–water partition coefficient (Wildman–Crippen LogP) is 2.43. The van der Waals surface area contributed by atoms with E-state index in [-0.39, 0.29) is 0 Å². The molecule has 0 aromatic heterocycles. The molecule has 88 valence electrons. The van der Waals surface area contributed by atoms with Crippen molar-refractivity contribution in [1.82, 2.24) is 5.32 Å². The molecule has 1 heterocycles. The third kappa shape index (κ3) is 2.56. The highest BCUT2D eigenvalue weighted by Gasteiger charge is 2.23. The molecule has 1 aromatic carbocycles. The van der Waals surface area contributed by atoms with Crippen molar-refractivity contribution >= 4 is 5.69 Å². The number of aryl methyl sites for hydroxylation is 1. The molecule has 0 radical (unpaired) electrons. The summed E-state index contributed by atoms with van der Waals surface area (Å²) in [5, 5.41) is 3.51. The molecule has 2 heteroatoms. The van der Waals surface area contributed by atoms with E-state index in [0.29, 0.717) is 6.04 Å². The van der Waals surface area contributed by atoms with Gasteiger partial charge in [-0.3, -0.25) is 0 Å². The van der Waals surface area contributed by atoms with Gasteiger partial charge in [-0.15, -0.1) is 0 Å². The summed E-state index contributed by atoms with van der Waals surface area (Å²) >= 11 is 0. The maximum absolute atomic E-state index is 3.51. The smallest absolute Gasteiger partial charge is 0.0366 e. The van der Waals surface area contributed by atoms with E-state index in [9.17, 15) is 0 Å². The molecule has 1 aliphatic heterocycles. The average molecular weight is 218 g/mol. The van der Waals surface area contributed by atoms with Crippen LogP contribution in [-0.2, 0) is 0 Å². The molecule has 1 saturated heterocycles. The molecule has 2 rings (SSSR count). The Kier molecular flexibility index (Phi) is 3.49. The lowest BCUT2D eigenvalue weighted by Gasteiger charge is -2.25. The highest BCUT2D eigenvalue weighted by molar-refractivity contribution is 5.47. The van der Waals surface area contributed by atoms with E-state index in [4.69, 9.17) is 0 Å². The summed E-state index contributed by atoms with van der Waals surface area (Å²) in [4.78, 5) is 2.38. The van der Waals surface area contributed by atoms with Gasteiger partial charge in [-0.2, -0.15) is 0 Å². The Labute approximate surface area is 98.7 Å². The Morgan fingerprint density at radius 2 is 2.25 bits per heavy atom. The van der Waals surface area contributed by atoms with Crippen LogP contribution in [0.1, 0.15) is 18.9 Å². The largest absolute Gasteiger partial charge is 0.374 e. The zero-order valence-electron chi connectivity index (χ0n) is 10.5. The summed E-state index contributed by atoms with van der Waals surface area (Å²) in [5.74, 6) is 0.783. The lowest BCUT2D eigenvalue weighted by molar-refractivity contribution is 0.478. The zero-order chi connectivity index (χ0) is 11.5. The van der Waals surface area contributed by atoms with Gasteiger partial charge in [-0.1, -0.05) is 12.1 Å². The second-order valence-corrected chi connectivity index (χ2v) is 5.01. The van der Waals surface area contributed by atoms with Crippen LogP contribution in [0.25, 0.3) is 0 Å². The Morgan fingerprint density at radius 3 is 2.88 bits per heavy atom. The van der Waals surface area contributed by atoms with Gasteiger partial charge >= 0.3 is 0 Å². The Hall–Kier alpha value is -1.02. The summed E-state index contributed by atoms with van der Waals surface area (Å²) in [7, 11) is 2.19. The third-order valence-electron chi connectivity index (χ3n) is 3.64. The van der Waals surface area contributed by atoms with Gasteiger partial charge in [-0.25, -0.2) is 0 Å². The minimum atomic E-state index is 0.659. The Bertz CT molecular complexity index is 348. The van der Waals surface area contributed by atoms with E-state index >= 15 is 0 Å². The lowest BCUT2D eigenvalue weighted by Crippen LogP contribution is -2.32. The fourth-order valence-corrected chi connectivity index (χ4v) is 2.49. The normalized spacial score (nSPS) is 24.7. The van der Waals surface area contributed by atoms with Gasteiger partial charge in [0.05, 0.1) is 0 Å². The third-order valence-corrected chi connectivity index (χ3v) is 3.64. The second-order valence-electron chi connectivity index (χ2n) is 5.01. The molecule has 2 unspecified atom stereocenters. The van der Waals surface area contributed by atoms with Crippen LogP contribution in [0.15, 0.2) is 24.3 Å². The van der Waals surface area contributed by atoms with Gasteiger partial charge in [0.1, 0.15) is 0 Å². The van der Waals surface area contributed by atoms with Gasteiger partial charge in [0.2, 0.25) is 0 Å². The number of rotatable bonds is 3. The first-order valence-electron chi connectivity index (χ1n) is 6.18. The number of hydrogen-bond donors (Lipinski definition) is 1. The van der Waals surface area contributed by atoms with Crippen LogP contribution in [0.3, 0.4) is 0 Å². The molecule has 2 nitrogen and oxygen atoms in total. The van der Waals surface area contributed by atoms with Crippen LogP contribution < -0.4 is 10.2 Å². The standard InChI is InChI=1S/C14H22N2/c1-11-5-4-6-14(9-11)16(3)10-13-7-8-15-12(13)2/h4-6,9,12-13,15H,7-8,10H2,1-3H3. The van der Waals surface area contributed by atoms with Crippen LogP contribution in [0, 0.1) is 12.8 Å². The Balaban J connectivity index is 1.99. The van der Waals surface area contributed by atoms with Crippen LogP contribution in [0.4, 0.5) is 5.69 Å². The molecule has 2 atom stereocenters. The summed E-state index contributed by atoms with van der Waals surface area (Å²) < 4.78 is 0. The molecule has 0 spiro atoms. The van der Waals surface area contributed by atoms with E-state index < -0.39 is 0 Å². The van der Waals surface area contributed by atoms with Crippen molar-refractivity contribution in [1.29, 1.82) is 0 Å². The molecule has 1 aromatic rings. The highest BCUT2D eigenvalue weighted by atomic mass is 15.1. The van der Waals surface area contributed by atoms with Gasteiger partial charge in [-0.05, 0) is 50.4 Å². The maximum atomic E-state index is 3.51. The number of hydrogen-bond acceptors (Lipinski definition) is 2. The first kappa shape index (κ1) is 11.5. The van der Waals surface area contributed by atoms with Gasteiger partial charge < -0.3 is 10.2 Å². The molecule has 0 bridgehead atoms. The highest BCUT2D eigenvalue weighted by Crippen LogP contribution is 2.20. The minimum absolute atomic E-state index is 0.659. The molecule has 0 aliphatic carbocycles. The van der Waals surface area contributed by atoms with E-state index in [1.54, 1.807) is 0 Å². The first-order valence-corrected chi connectivity index (χ1v) is 6.18. The van der Waals surface area contributed by atoms with Crippen molar-refractivity contribution in [3.05, 3.63) is 29.8 Å². The average Bonchev–Trinajstić information content (AvgIpc) is 2.64. The molecule has 0 amide bonds. The SMILES string of the molecule is Cc1cccc(N(C)CC2CCNC2C)c1. The van der Waals surface area contributed by atoms with Crippen LogP contribution in [0.2, 0.25) is 0 Å². The predicted molar refractivity (Wildman–Crippen MR) is 70.0 cm³/mol. The minimum Gasteiger partial charge on any atom is -0.374 e. The number of nitrogens with zero attached hydrogens (tertiary/aromatic N) is 1. The number of benzene rings is 1.